The van der Waals surface area contributed by atoms with Gasteiger partial charge in [-0.15, -0.1) is 0 Å². The van der Waals surface area contributed by atoms with Crippen LogP contribution in [0.4, 0.5) is 0 Å². The Kier molecular flexibility index (Phi) is 4.58. The molecule has 0 aromatic heterocycles. The van der Waals surface area contributed by atoms with E-state index in [4.69, 9.17) is 19.7 Å². The molecule has 0 fully saturated rings. The fourth-order valence-corrected chi connectivity index (χ4v) is 1.13. The predicted molar refractivity (Wildman–Crippen MR) is 60.8 cm³/mol. The maximum atomic E-state index is 9.12. The molecule has 16 heavy (non-hydrogen) atoms. The van der Waals surface area contributed by atoms with Crippen molar-refractivity contribution in [1.82, 2.24) is 0 Å². The smallest absolute Gasteiger partial charge is 0.161 e. The standard InChI is InChI=1S/C12H18O4/c1-12(7-13,8-14)9-16-11-6-4-3-5-10(11)15-2/h3-6,13-14H,7-9H2,1-2H3. The number of ether oxygens (including phenoxy) is 2. The van der Waals surface area contributed by atoms with Crippen LogP contribution in [-0.4, -0.2) is 37.1 Å². The SMILES string of the molecule is COc1ccccc1OCC(C)(CO)CO. The lowest BCUT2D eigenvalue weighted by atomic mass is 9.94. The molecule has 1 aromatic carbocycles. The summed E-state index contributed by atoms with van der Waals surface area (Å²) in [6.45, 7) is 1.74. The minimum Gasteiger partial charge on any atom is -0.493 e. The molecule has 2 N–H and O–H groups in total. The van der Waals surface area contributed by atoms with Crippen LogP contribution in [0.1, 0.15) is 6.92 Å². The van der Waals surface area contributed by atoms with Crippen LogP contribution in [0.2, 0.25) is 0 Å². The molecule has 0 radical (unpaired) electrons. The molecule has 0 aliphatic heterocycles. The third-order valence-electron chi connectivity index (χ3n) is 2.41. The average Bonchev–Trinajstić information content (AvgIpc) is 2.36. The number of aliphatic hydroxyl groups excluding tert-OH is 2. The molecule has 0 atom stereocenters. The summed E-state index contributed by atoms with van der Waals surface area (Å²) in [6, 6.07) is 7.27. The first kappa shape index (κ1) is 12.8. The van der Waals surface area contributed by atoms with Crippen LogP contribution in [0.25, 0.3) is 0 Å². The molecule has 90 valence electrons. The summed E-state index contributed by atoms with van der Waals surface area (Å²) in [5.41, 5.74) is -0.638. The molecule has 0 saturated heterocycles. The average molecular weight is 226 g/mol. The van der Waals surface area contributed by atoms with E-state index in [2.05, 4.69) is 0 Å². The fourth-order valence-electron chi connectivity index (χ4n) is 1.13. The maximum absolute atomic E-state index is 9.12. The zero-order chi connectivity index (χ0) is 12.0. The third kappa shape index (κ3) is 3.12. The molecule has 0 aliphatic carbocycles. The molecule has 4 nitrogen and oxygen atoms in total. The van der Waals surface area contributed by atoms with Gasteiger partial charge in [-0.25, -0.2) is 0 Å². The largest absolute Gasteiger partial charge is 0.493 e. The van der Waals surface area contributed by atoms with Crippen LogP contribution in [0, 0.1) is 5.41 Å². The highest BCUT2D eigenvalue weighted by Crippen LogP contribution is 2.27. The van der Waals surface area contributed by atoms with Gasteiger partial charge < -0.3 is 19.7 Å². The zero-order valence-corrected chi connectivity index (χ0v) is 9.64. The predicted octanol–water partition coefficient (Wildman–Crippen LogP) is 1.06. The first-order valence-corrected chi connectivity index (χ1v) is 5.13. The second-order valence-electron chi connectivity index (χ2n) is 4.07. The van der Waals surface area contributed by atoms with Crippen LogP contribution in [0.5, 0.6) is 11.5 Å². The summed E-state index contributed by atoms with van der Waals surface area (Å²) < 4.78 is 10.7. The summed E-state index contributed by atoms with van der Waals surface area (Å²) in [7, 11) is 1.57. The lowest BCUT2D eigenvalue weighted by Gasteiger charge is -2.24. The minimum absolute atomic E-state index is 0.126. The van der Waals surface area contributed by atoms with Crippen LogP contribution in [0.15, 0.2) is 24.3 Å². The van der Waals surface area contributed by atoms with Crippen molar-refractivity contribution in [1.29, 1.82) is 0 Å². The van der Waals surface area contributed by atoms with Crippen molar-refractivity contribution in [2.75, 3.05) is 26.9 Å². The van der Waals surface area contributed by atoms with E-state index in [0.717, 1.165) is 0 Å². The van der Waals surface area contributed by atoms with Gasteiger partial charge in [0.15, 0.2) is 11.5 Å². The Morgan fingerprint density at radius 1 is 1.12 bits per heavy atom. The van der Waals surface area contributed by atoms with E-state index in [-0.39, 0.29) is 19.8 Å². The number of para-hydroxylation sites is 2. The first-order valence-electron chi connectivity index (χ1n) is 5.13. The Labute approximate surface area is 95.4 Å². The zero-order valence-electron chi connectivity index (χ0n) is 9.64. The van der Waals surface area contributed by atoms with Crippen LogP contribution >= 0.6 is 0 Å². The van der Waals surface area contributed by atoms with Gasteiger partial charge in [-0.1, -0.05) is 19.1 Å². The van der Waals surface area contributed by atoms with Gasteiger partial charge in [-0.3, -0.25) is 0 Å². The molecule has 1 aromatic rings. The van der Waals surface area contributed by atoms with E-state index in [1.54, 1.807) is 26.2 Å². The molecular weight excluding hydrogens is 208 g/mol. The van der Waals surface area contributed by atoms with Crippen LogP contribution in [0.3, 0.4) is 0 Å². The van der Waals surface area contributed by atoms with Gasteiger partial charge in [0.1, 0.15) is 0 Å². The monoisotopic (exact) mass is 226 g/mol. The Hall–Kier alpha value is -1.26. The van der Waals surface area contributed by atoms with Crippen LogP contribution in [-0.2, 0) is 0 Å². The lowest BCUT2D eigenvalue weighted by molar-refractivity contribution is 0.0279. The second kappa shape index (κ2) is 5.72. The highest BCUT2D eigenvalue weighted by atomic mass is 16.5. The van der Waals surface area contributed by atoms with Gasteiger partial charge in [-0.2, -0.15) is 0 Å². The van der Waals surface area contributed by atoms with Crippen molar-refractivity contribution in [2.24, 2.45) is 5.41 Å². The maximum Gasteiger partial charge on any atom is 0.161 e. The highest BCUT2D eigenvalue weighted by Gasteiger charge is 2.23. The van der Waals surface area contributed by atoms with Crippen molar-refractivity contribution in [3.63, 3.8) is 0 Å². The number of benzene rings is 1. The molecule has 0 unspecified atom stereocenters. The van der Waals surface area contributed by atoms with Gasteiger partial charge in [0, 0.05) is 5.41 Å². The quantitative estimate of drug-likeness (QED) is 0.761. The lowest BCUT2D eigenvalue weighted by Crippen LogP contribution is -2.33. The molecule has 0 spiro atoms. The van der Waals surface area contributed by atoms with Crippen molar-refractivity contribution < 1.29 is 19.7 Å². The van der Waals surface area contributed by atoms with Crippen molar-refractivity contribution >= 4 is 0 Å². The van der Waals surface area contributed by atoms with Gasteiger partial charge in [0.2, 0.25) is 0 Å². The summed E-state index contributed by atoms with van der Waals surface area (Å²) in [6.07, 6.45) is 0. The number of methoxy groups -OCH3 is 1. The summed E-state index contributed by atoms with van der Waals surface area (Å²) in [5.74, 6) is 1.25. The molecule has 1 rings (SSSR count). The third-order valence-corrected chi connectivity index (χ3v) is 2.41. The molecule has 0 heterocycles. The number of aliphatic hydroxyl groups is 2. The highest BCUT2D eigenvalue weighted by molar-refractivity contribution is 5.39. The Morgan fingerprint density at radius 3 is 2.19 bits per heavy atom. The Bertz CT molecular complexity index is 321. The van der Waals surface area contributed by atoms with E-state index in [1.807, 2.05) is 12.1 Å². The fraction of sp³-hybridized carbons (Fsp3) is 0.500. The topological polar surface area (TPSA) is 58.9 Å². The minimum atomic E-state index is -0.638. The molecule has 0 aliphatic rings. The summed E-state index contributed by atoms with van der Waals surface area (Å²) >= 11 is 0. The Balaban J connectivity index is 2.67. The van der Waals surface area contributed by atoms with Crippen molar-refractivity contribution in [3.8, 4) is 11.5 Å². The van der Waals surface area contributed by atoms with E-state index in [1.165, 1.54) is 0 Å². The summed E-state index contributed by atoms with van der Waals surface area (Å²) in [5, 5.41) is 18.2. The normalized spacial score (nSPS) is 11.2. The van der Waals surface area contributed by atoms with Crippen molar-refractivity contribution in [2.45, 2.75) is 6.92 Å². The molecule has 0 saturated carbocycles. The van der Waals surface area contributed by atoms with E-state index in [9.17, 15) is 0 Å². The second-order valence-corrected chi connectivity index (χ2v) is 4.07. The van der Waals surface area contributed by atoms with E-state index < -0.39 is 5.41 Å². The van der Waals surface area contributed by atoms with Gasteiger partial charge in [0.25, 0.3) is 0 Å². The van der Waals surface area contributed by atoms with E-state index >= 15 is 0 Å². The molecule has 0 amide bonds. The van der Waals surface area contributed by atoms with Gasteiger partial charge in [-0.05, 0) is 12.1 Å². The molecule has 4 heteroatoms. The first-order chi connectivity index (χ1) is 7.65. The number of rotatable bonds is 6. The van der Waals surface area contributed by atoms with Gasteiger partial charge in [0.05, 0.1) is 26.9 Å². The molecular formula is C12H18O4. The molecule has 0 bridgehead atoms. The van der Waals surface area contributed by atoms with E-state index in [0.29, 0.717) is 11.5 Å². The Morgan fingerprint density at radius 2 is 1.69 bits per heavy atom. The number of hydrogen-bond acceptors (Lipinski definition) is 4. The van der Waals surface area contributed by atoms with Crippen LogP contribution < -0.4 is 9.47 Å². The van der Waals surface area contributed by atoms with Gasteiger partial charge >= 0.3 is 0 Å². The number of hydrogen-bond donors (Lipinski definition) is 2. The summed E-state index contributed by atoms with van der Waals surface area (Å²) in [4.78, 5) is 0. The van der Waals surface area contributed by atoms with Crippen molar-refractivity contribution in [3.05, 3.63) is 24.3 Å².